The number of hydrogen-bond donors (Lipinski definition) is 1. The molecule has 0 radical (unpaired) electrons. The number of carbonyl (C=O) groups is 1. The molecule has 1 aliphatic rings. The fraction of sp³-hybridized carbons (Fsp3) is 0.333. The van der Waals surface area contributed by atoms with Gasteiger partial charge in [0.25, 0.3) is 0 Å². The van der Waals surface area contributed by atoms with E-state index in [1.165, 1.54) is 0 Å². The molecule has 1 aliphatic heterocycles. The summed E-state index contributed by atoms with van der Waals surface area (Å²) in [6.07, 6.45) is 0.798. The maximum atomic E-state index is 11.5. The molecule has 0 spiro atoms. The molecule has 0 bridgehead atoms. The van der Waals surface area contributed by atoms with E-state index in [9.17, 15) is 9.90 Å². The summed E-state index contributed by atoms with van der Waals surface area (Å²) in [5, 5.41) is 14.3. The van der Waals surface area contributed by atoms with Gasteiger partial charge in [-0.05, 0) is 30.8 Å². The van der Waals surface area contributed by atoms with Crippen LogP contribution in [0.1, 0.15) is 28.7 Å². The Labute approximate surface area is 127 Å². The molecule has 0 saturated carbocycles. The molecular formula is C15H16ClN3O2. The monoisotopic (exact) mass is 305 g/mol. The number of halogens is 1. The summed E-state index contributed by atoms with van der Waals surface area (Å²) in [5.74, 6) is -0.975. The Morgan fingerprint density at radius 1 is 1.38 bits per heavy atom. The van der Waals surface area contributed by atoms with Gasteiger partial charge in [0.1, 0.15) is 0 Å². The summed E-state index contributed by atoms with van der Waals surface area (Å²) < 4.78 is 1.74. The minimum Gasteiger partial charge on any atom is -0.476 e. The lowest BCUT2D eigenvalue weighted by molar-refractivity contribution is 0.0687. The summed E-state index contributed by atoms with van der Waals surface area (Å²) in [5.41, 5.74) is 2.80. The summed E-state index contributed by atoms with van der Waals surface area (Å²) >= 11 is 5.91. The van der Waals surface area contributed by atoms with Crippen molar-refractivity contribution in [3.63, 3.8) is 0 Å². The zero-order valence-electron chi connectivity index (χ0n) is 11.7. The molecule has 2 aromatic rings. The van der Waals surface area contributed by atoms with Gasteiger partial charge in [0.2, 0.25) is 0 Å². The average molecular weight is 306 g/mol. The van der Waals surface area contributed by atoms with E-state index in [0.29, 0.717) is 11.6 Å². The Morgan fingerprint density at radius 3 is 2.71 bits per heavy atom. The molecule has 6 heteroatoms. The van der Waals surface area contributed by atoms with Crippen LogP contribution in [-0.4, -0.2) is 38.8 Å². The van der Waals surface area contributed by atoms with E-state index in [4.69, 9.17) is 11.6 Å². The van der Waals surface area contributed by atoms with Crippen LogP contribution in [0.4, 0.5) is 0 Å². The molecule has 0 fully saturated rings. The Morgan fingerprint density at radius 2 is 2.10 bits per heavy atom. The van der Waals surface area contributed by atoms with E-state index in [2.05, 4.69) is 16.9 Å². The first-order valence-corrected chi connectivity index (χ1v) is 7.30. The lowest BCUT2D eigenvalue weighted by atomic mass is 10.0. The van der Waals surface area contributed by atoms with Gasteiger partial charge in [0, 0.05) is 30.1 Å². The van der Waals surface area contributed by atoms with Crippen molar-refractivity contribution >= 4 is 17.6 Å². The Kier molecular flexibility index (Phi) is 3.69. The highest BCUT2D eigenvalue weighted by molar-refractivity contribution is 6.30. The summed E-state index contributed by atoms with van der Waals surface area (Å²) in [7, 11) is 0. The molecule has 5 nitrogen and oxygen atoms in total. The molecule has 0 amide bonds. The van der Waals surface area contributed by atoms with E-state index < -0.39 is 5.97 Å². The van der Waals surface area contributed by atoms with E-state index >= 15 is 0 Å². The highest BCUT2D eigenvalue weighted by Crippen LogP contribution is 2.26. The van der Waals surface area contributed by atoms with Crippen molar-refractivity contribution in [1.29, 1.82) is 0 Å². The maximum Gasteiger partial charge on any atom is 0.356 e. The van der Waals surface area contributed by atoms with E-state index in [0.717, 1.165) is 36.5 Å². The van der Waals surface area contributed by atoms with Gasteiger partial charge in [-0.25, -0.2) is 9.48 Å². The number of fused-ring (bicyclic) bond motifs is 1. The fourth-order valence-electron chi connectivity index (χ4n) is 2.71. The van der Waals surface area contributed by atoms with Gasteiger partial charge < -0.3 is 5.11 Å². The van der Waals surface area contributed by atoms with Crippen molar-refractivity contribution in [3.05, 3.63) is 46.2 Å². The van der Waals surface area contributed by atoms with Crippen molar-refractivity contribution < 1.29 is 9.90 Å². The topological polar surface area (TPSA) is 58.4 Å². The predicted molar refractivity (Wildman–Crippen MR) is 80.2 cm³/mol. The van der Waals surface area contributed by atoms with Crippen LogP contribution in [0.15, 0.2) is 24.3 Å². The number of aromatic nitrogens is 2. The predicted octanol–water partition coefficient (Wildman–Crippen LogP) is 2.60. The van der Waals surface area contributed by atoms with Crippen LogP contribution >= 0.6 is 11.6 Å². The molecule has 1 aromatic heterocycles. The van der Waals surface area contributed by atoms with Crippen molar-refractivity contribution in [2.24, 2.45) is 0 Å². The van der Waals surface area contributed by atoms with Crippen molar-refractivity contribution in [1.82, 2.24) is 14.7 Å². The standard InChI is InChI=1S/C15H16ClN3O2/c1-2-18-8-7-13-12(9-18)14(15(20)21)17-19(13)11-5-3-10(16)4-6-11/h3-6H,2,7-9H2,1H3,(H,20,21). The van der Waals surface area contributed by atoms with Crippen LogP contribution in [0.25, 0.3) is 5.69 Å². The second-order valence-electron chi connectivity index (χ2n) is 5.09. The number of carboxylic acid groups (broad SMARTS) is 1. The molecule has 2 heterocycles. The molecule has 0 atom stereocenters. The number of benzene rings is 1. The SMILES string of the molecule is CCN1CCc2c(c(C(=O)O)nn2-c2ccc(Cl)cc2)C1. The molecular weight excluding hydrogens is 290 g/mol. The third-order valence-corrected chi connectivity index (χ3v) is 4.11. The number of carboxylic acids is 1. The molecule has 21 heavy (non-hydrogen) atoms. The first-order valence-electron chi connectivity index (χ1n) is 6.92. The molecule has 1 aromatic carbocycles. The molecule has 1 N–H and O–H groups in total. The number of nitrogens with zero attached hydrogens (tertiary/aromatic N) is 3. The second-order valence-corrected chi connectivity index (χ2v) is 5.52. The van der Waals surface area contributed by atoms with E-state index in [1.807, 2.05) is 12.1 Å². The smallest absolute Gasteiger partial charge is 0.356 e. The molecule has 0 saturated heterocycles. The van der Waals surface area contributed by atoms with Gasteiger partial charge in [-0.3, -0.25) is 4.90 Å². The van der Waals surface area contributed by atoms with E-state index in [1.54, 1.807) is 16.8 Å². The van der Waals surface area contributed by atoms with E-state index in [-0.39, 0.29) is 5.69 Å². The largest absolute Gasteiger partial charge is 0.476 e. The fourth-order valence-corrected chi connectivity index (χ4v) is 2.84. The van der Waals surface area contributed by atoms with Crippen LogP contribution in [0, 0.1) is 0 Å². The first-order chi connectivity index (χ1) is 10.1. The van der Waals surface area contributed by atoms with Crippen molar-refractivity contribution in [2.45, 2.75) is 19.9 Å². The third kappa shape index (κ3) is 2.54. The van der Waals surface area contributed by atoms with Gasteiger partial charge >= 0.3 is 5.97 Å². The number of rotatable bonds is 3. The number of likely N-dealkylation sites (N-methyl/N-ethyl adjacent to an activating group) is 1. The molecule has 0 aliphatic carbocycles. The van der Waals surface area contributed by atoms with Crippen LogP contribution in [0.3, 0.4) is 0 Å². The van der Waals surface area contributed by atoms with Crippen LogP contribution in [-0.2, 0) is 13.0 Å². The normalized spacial score (nSPS) is 15.0. The van der Waals surface area contributed by atoms with Crippen molar-refractivity contribution in [2.75, 3.05) is 13.1 Å². The highest BCUT2D eigenvalue weighted by atomic mass is 35.5. The highest BCUT2D eigenvalue weighted by Gasteiger charge is 2.27. The average Bonchev–Trinajstić information content (AvgIpc) is 2.87. The van der Waals surface area contributed by atoms with Crippen LogP contribution < -0.4 is 0 Å². The minimum atomic E-state index is -0.975. The van der Waals surface area contributed by atoms with Crippen LogP contribution in [0.5, 0.6) is 0 Å². The van der Waals surface area contributed by atoms with Gasteiger partial charge in [0.05, 0.1) is 11.4 Å². The maximum absolute atomic E-state index is 11.5. The minimum absolute atomic E-state index is 0.151. The quantitative estimate of drug-likeness (QED) is 0.947. The molecule has 0 unspecified atom stereocenters. The Hall–Kier alpha value is -1.85. The number of hydrogen-bond acceptors (Lipinski definition) is 3. The molecule has 110 valence electrons. The summed E-state index contributed by atoms with van der Waals surface area (Å²) in [4.78, 5) is 13.7. The van der Waals surface area contributed by atoms with Gasteiger partial charge in [-0.1, -0.05) is 18.5 Å². The van der Waals surface area contributed by atoms with Crippen LogP contribution in [0.2, 0.25) is 5.02 Å². The Bertz CT molecular complexity index is 679. The van der Waals surface area contributed by atoms with Gasteiger partial charge in [-0.2, -0.15) is 5.10 Å². The number of aromatic carboxylic acids is 1. The van der Waals surface area contributed by atoms with Crippen molar-refractivity contribution in [3.8, 4) is 5.69 Å². The first kappa shape index (κ1) is 14.1. The lowest BCUT2D eigenvalue weighted by Gasteiger charge is -2.26. The van der Waals surface area contributed by atoms with Gasteiger partial charge in [-0.15, -0.1) is 0 Å². The van der Waals surface area contributed by atoms with Gasteiger partial charge in [0.15, 0.2) is 5.69 Å². The zero-order valence-corrected chi connectivity index (χ0v) is 12.5. The summed E-state index contributed by atoms with van der Waals surface area (Å²) in [6.45, 7) is 4.54. The second kappa shape index (κ2) is 5.50. The molecule has 3 rings (SSSR count). The zero-order chi connectivity index (χ0) is 15.0. The third-order valence-electron chi connectivity index (χ3n) is 3.86. The summed E-state index contributed by atoms with van der Waals surface area (Å²) in [6, 6.07) is 7.28. The Balaban J connectivity index is 2.10. The lowest BCUT2D eigenvalue weighted by Crippen LogP contribution is -2.31.